The first-order valence-electron chi connectivity index (χ1n) is 4.94. The molecule has 0 amide bonds. The van der Waals surface area contributed by atoms with E-state index in [1.54, 1.807) is 6.21 Å². The summed E-state index contributed by atoms with van der Waals surface area (Å²) in [5.41, 5.74) is 1.16. The van der Waals surface area contributed by atoms with Gasteiger partial charge in [-0.05, 0) is 27.2 Å². The Balaban J connectivity index is 3.08. The molecule has 0 aliphatic carbocycles. The summed E-state index contributed by atoms with van der Waals surface area (Å²) in [6.07, 6.45) is 3.10. The highest BCUT2D eigenvalue weighted by atomic mass is 16.6. The van der Waals surface area contributed by atoms with Crippen LogP contribution in [0.25, 0.3) is 0 Å². The van der Waals surface area contributed by atoms with Gasteiger partial charge < -0.3 is 4.74 Å². The zero-order chi connectivity index (χ0) is 10.8. The molecular weight excluding hydrogens is 178 g/mol. The molecule has 0 fully saturated rings. The summed E-state index contributed by atoms with van der Waals surface area (Å²) in [4.78, 5) is 15.8. The highest BCUT2D eigenvalue weighted by molar-refractivity contribution is 5.90. The molecule has 78 valence electrons. The highest BCUT2D eigenvalue weighted by Crippen LogP contribution is 2.31. The van der Waals surface area contributed by atoms with Gasteiger partial charge in [-0.3, -0.25) is 4.99 Å². The van der Waals surface area contributed by atoms with Crippen LogP contribution in [0.4, 0.5) is 0 Å². The van der Waals surface area contributed by atoms with Crippen molar-refractivity contribution in [2.24, 2.45) is 4.99 Å². The van der Waals surface area contributed by atoms with Crippen LogP contribution in [0, 0.1) is 0 Å². The molecule has 0 atom stereocenters. The van der Waals surface area contributed by atoms with E-state index in [9.17, 15) is 4.79 Å². The van der Waals surface area contributed by atoms with Crippen molar-refractivity contribution in [1.82, 2.24) is 0 Å². The lowest BCUT2D eigenvalue weighted by Gasteiger charge is -2.31. The zero-order valence-corrected chi connectivity index (χ0v) is 9.26. The monoisotopic (exact) mass is 195 g/mol. The number of carbonyl (C=O) groups is 1. The second-order valence-corrected chi connectivity index (χ2v) is 3.99. The Morgan fingerprint density at radius 2 is 2.21 bits per heavy atom. The number of esters is 1. The molecule has 1 heterocycles. The molecule has 0 unspecified atom stereocenters. The molecule has 0 spiro atoms. The number of rotatable bonds is 2. The summed E-state index contributed by atoms with van der Waals surface area (Å²) in [7, 11) is 0. The summed E-state index contributed by atoms with van der Waals surface area (Å²) < 4.78 is 5.28. The standard InChI is InChI=1S/C11H17NO2/c1-5-8-9(12-6-2)7-11(3,4)14-10(8)13/h6H,5,7H2,1-4H3. The van der Waals surface area contributed by atoms with E-state index < -0.39 is 5.60 Å². The van der Waals surface area contributed by atoms with Gasteiger partial charge in [-0.2, -0.15) is 0 Å². The van der Waals surface area contributed by atoms with Crippen LogP contribution in [0.1, 0.15) is 40.5 Å². The lowest BCUT2D eigenvalue weighted by atomic mass is 9.95. The van der Waals surface area contributed by atoms with Gasteiger partial charge in [0.1, 0.15) is 5.60 Å². The van der Waals surface area contributed by atoms with Crippen LogP contribution in [0.15, 0.2) is 16.3 Å². The van der Waals surface area contributed by atoms with Gasteiger partial charge in [0.25, 0.3) is 0 Å². The number of cyclic esters (lactones) is 1. The quantitative estimate of drug-likeness (QED) is 0.501. The first-order valence-corrected chi connectivity index (χ1v) is 4.94. The van der Waals surface area contributed by atoms with Crippen LogP contribution in [0.2, 0.25) is 0 Å². The number of nitrogens with zero attached hydrogens (tertiary/aromatic N) is 1. The second kappa shape index (κ2) is 3.95. The average Bonchev–Trinajstić information content (AvgIpc) is 2.02. The molecule has 1 aliphatic heterocycles. The average molecular weight is 195 g/mol. The van der Waals surface area contributed by atoms with E-state index in [-0.39, 0.29) is 5.97 Å². The third kappa shape index (κ3) is 2.22. The molecule has 0 saturated carbocycles. The van der Waals surface area contributed by atoms with Crippen molar-refractivity contribution < 1.29 is 9.53 Å². The van der Waals surface area contributed by atoms with Gasteiger partial charge in [0.05, 0.1) is 11.3 Å². The minimum Gasteiger partial charge on any atom is -0.456 e. The van der Waals surface area contributed by atoms with Crippen LogP contribution >= 0.6 is 0 Å². The summed E-state index contributed by atoms with van der Waals surface area (Å²) in [5.74, 6) is -0.218. The number of hydrogen-bond donors (Lipinski definition) is 0. The molecular formula is C11H17NO2. The van der Waals surface area contributed by atoms with E-state index in [1.807, 2.05) is 27.7 Å². The molecule has 0 aromatic carbocycles. The number of aliphatic imine (C=N–C) groups is 1. The van der Waals surface area contributed by atoms with Crippen molar-refractivity contribution in [3.8, 4) is 0 Å². The van der Waals surface area contributed by atoms with E-state index in [4.69, 9.17) is 4.74 Å². The van der Waals surface area contributed by atoms with Crippen molar-refractivity contribution >= 4 is 12.2 Å². The van der Waals surface area contributed by atoms with E-state index in [2.05, 4.69) is 4.99 Å². The molecule has 3 nitrogen and oxygen atoms in total. The van der Waals surface area contributed by atoms with Gasteiger partial charge in [-0.15, -0.1) is 0 Å². The normalized spacial score (nSPS) is 21.6. The molecule has 0 radical (unpaired) electrons. The minimum absolute atomic E-state index is 0.218. The first kappa shape index (κ1) is 11.0. The van der Waals surface area contributed by atoms with Crippen LogP contribution < -0.4 is 0 Å². The predicted molar refractivity (Wildman–Crippen MR) is 56.3 cm³/mol. The second-order valence-electron chi connectivity index (χ2n) is 3.99. The fourth-order valence-electron chi connectivity index (χ4n) is 1.60. The van der Waals surface area contributed by atoms with Gasteiger partial charge in [0, 0.05) is 12.6 Å². The Labute approximate surface area is 84.9 Å². The largest absolute Gasteiger partial charge is 0.456 e. The molecule has 0 N–H and O–H groups in total. The molecule has 3 heteroatoms. The van der Waals surface area contributed by atoms with Gasteiger partial charge in [-0.1, -0.05) is 6.92 Å². The van der Waals surface area contributed by atoms with Gasteiger partial charge in [0.2, 0.25) is 0 Å². The first-order chi connectivity index (χ1) is 6.50. The van der Waals surface area contributed by atoms with Crippen LogP contribution in [-0.4, -0.2) is 17.8 Å². The third-order valence-corrected chi connectivity index (χ3v) is 2.20. The summed E-state index contributed by atoms with van der Waals surface area (Å²) in [6, 6.07) is 0. The predicted octanol–water partition coefficient (Wildman–Crippen LogP) is 2.47. The van der Waals surface area contributed by atoms with E-state index in [1.165, 1.54) is 0 Å². The fourth-order valence-corrected chi connectivity index (χ4v) is 1.60. The zero-order valence-electron chi connectivity index (χ0n) is 9.26. The molecule has 0 aromatic heterocycles. The lowest BCUT2D eigenvalue weighted by molar-refractivity contribution is -0.153. The van der Waals surface area contributed by atoms with Crippen LogP contribution in [0.5, 0.6) is 0 Å². The molecule has 14 heavy (non-hydrogen) atoms. The van der Waals surface area contributed by atoms with Gasteiger partial charge in [-0.25, -0.2) is 4.79 Å². The Bertz CT molecular complexity index is 300. The topological polar surface area (TPSA) is 38.7 Å². The van der Waals surface area contributed by atoms with Crippen molar-refractivity contribution in [3.05, 3.63) is 11.3 Å². The molecule has 1 rings (SSSR count). The van der Waals surface area contributed by atoms with Gasteiger partial charge in [0.15, 0.2) is 0 Å². The van der Waals surface area contributed by atoms with Gasteiger partial charge >= 0.3 is 5.97 Å². The Hall–Kier alpha value is -1.12. The molecule has 0 saturated heterocycles. The van der Waals surface area contributed by atoms with Crippen LogP contribution in [0.3, 0.4) is 0 Å². The Morgan fingerprint density at radius 1 is 1.57 bits per heavy atom. The third-order valence-electron chi connectivity index (χ3n) is 2.20. The van der Waals surface area contributed by atoms with E-state index in [0.717, 1.165) is 5.70 Å². The fraction of sp³-hybridized carbons (Fsp3) is 0.636. The SMILES string of the molecule is CC=NC1=C(CC)C(=O)OC(C)(C)C1. The Kier molecular flexibility index (Phi) is 3.09. The van der Waals surface area contributed by atoms with E-state index in [0.29, 0.717) is 18.4 Å². The maximum absolute atomic E-state index is 11.6. The maximum atomic E-state index is 11.6. The summed E-state index contributed by atoms with van der Waals surface area (Å²) >= 11 is 0. The lowest BCUT2D eigenvalue weighted by Crippen LogP contribution is -2.34. The number of carbonyl (C=O) groups excluding carboxylic acids is 1. The van der Waals surface area contributed by atoms with Crippen molar-refractivity contribution in [3.63, 3.8) is 0 Å². The Morgan fingerprint density at radius 3 is 2.71 bits per heavy atom. The molecule has 1 aliphatic rings. The number of ether oxygens (including phenoxy) is 1. The molecule has 0 bridgehead atoms. The van der Waals surface area contributed by atoms with Crippen molar-refractivity contribution in [2.75, 3.05) is 0 Å². The maximum Gasteiger partial charge on any atom is 0.336 e. The van der Waals surface area contributed by atoms with Crippen LogP contribution in [-0.2, 0) is 9.53 Å². The minimum atomic E-state index is -0.419. The van der Waals surface area contributed by atoms with Crippen molar-refractivity contribution in [2.45, 2.75) is 46.1 Å². The molecule has 0 aromatic rings. The smallest absolute Gasteiger partial charge is 0.336 e. The number of hydrogen-bond acceptors (Lipinski definition) is 3. The van der Waals surface area contributed by atoms with Crippen molar-refractivity contribution in [1.29, 1.82) is 0 Å². The van der Waals surface area contributed by atoms with E-state index >= 15 is 0 Å². The summed E-state index contributed by atoms with van der Waals surface area (Å²) in [5, 5.41) is 0. The highest BCUT2D eigenvalue weighted by Gasteiger charge is 2.33. The summed E-state index contributed by atoms with van der Waals surface area (Å²) in [6.45, 7) is 7.61.